The first kappa shape index (κ1) is 25.3. The van der Waals surface area contributed by atoms with Crippen molar-refractivity contribution in [2.75, 3.05) is 26.4 Å². The molecule has 0 aliphatic rings. The Balaban J connectivity index is 1.99. The van der Waals surface area contributed by atoms with Crippen molar-refractivity contribution in [3.05, 3.63) is 47.5 Å². The molecule has 6 heteroatoms. The normalized spacial score (nSPS) is 10.9. The third-order valence-corrected chi connectivity index (χ3v) is 5.73. The highest BCUT2D eigenvalue weighted by Crippen LogP contribution is 2.43. The second kappa shape index (κ2) is 12.3. The Kier molecular flexibility index (Phi) is 9.14. The smallest absolute Gasteiger partial charge is 0.344 e. The highest BCUT2D eigenvalue weighted by molar-refractivity contribution is 6.11. The molecule has 0 unspecified atom stereocenters. The molecule has 3 rings (SSSR count). The van der Waals surface area contributed by atoms with E-state index < -0.39 is 11.9 Å². The van der Waals surface area contributed by atoms with Gasteiger partial charge in [-0.25, -0.2) is 9.59 Å². The molecule has 3 aromatic rings. The van der Waals surface area contributed by atoms with Gasteiger partial charge in [-0.1, -0.05) is 51.0 Å². The molecular formula is C28H34O6. The van der Waals surface area contributed by atoms with Gasteiger partial charge in [-0.05, 0) is 49.9 Å². The number of hydrogen-bond donors (Lipinski definition) is 0. The fourth-order valence-electron chi connectivity index (χ4n) is 3.68. The van der Waals surface area contributed by atoms with E-state index in [1.165, 1.54) is 0 Å². The van der Waals surface area contributed by atoms with Crippen LogP contribution in [0.25, 0.3) is 21.5 Å². The van der Waals surface area contributed by atoms with Crippen molar-refractivity contribution in [3.8, 4) is 11.5 Å². The number of rotatable bonds is 12. The molecule has 3 aromatic carbocycles. The number of aryl methyl sites for hydroxylation is 2. The Bertz CT molecular complexity index is 1060. The van der Waals surface area contributed by atoms with Gasteiger partial charge in [-0.3, -0.25) is 0 Å². The van der Waals surface area contributed by atoms with Crippen LogP contribution < -0.4 is 9.47 Å². The Morgan fingerprint density at radius 2 is 1.09 bits per heavy atom. The lowest BCUT2D eigenvalue weighted by molar-refractivity contribution is -0.146. The average Bonchev–Trinajstić information content (AvgIpc) is 2.82. The van der Waals surface area contributed by atoms with Gasteiger partial charge in [0, 0.05) is 21.5 Å². The molecule has 0 saturated carbocycles. The lowest BCUT2D eigenvalue weighted by Crippen LogP contribution is -2.17. The van der Waals surface area contributed by atoms with Gasteiger partial charge >= 0.3 is 11.9 Å². The zero-order chi connectivity index (χ0) is 24.5. The summed E-state index contributed by atoms with van der Waals surface area (Å²) in [4.78, 5) is 24.4. The molecule has 0 amide bonds. The lowest BCUT2D eigenvalue weighted by Gasteiger charge is -2.18. The number of esters is 2. The Labute approximate surface area is 201 Å². The molecule has 0 saturated heterocycles. The summed E-state index contributed by atoms with van der Waals surface area (Å²) >= 11 is 0. The van der Waals surface area contributed by atoms with Gasteiger partial charge in [-0.15, -0.1) is 0 Å². The molecular weight excluding hydrogens is 432 g/mol. The van der Waals surface area contributed by atoms with E-state index >= 15 is 0 Å². The van der Waals surface area contributed by atoms with Crippen LogP contribution in [0.5, 0.6) is 11.5 Å². The van der Waals surface area contributed by atoms with Gasteiger partial charge in [0.05, 0.1) is 13.2 Å². The molecule has 6 nitrogen and oxygen atoms in total. The van der Waals surface area contributed by atoms with E-state index in [-0.39, 0.29) is 13.2 Å². The van der Waals surface area contributed by atoms with E-state index in [0.29, 0.717) is 24.7 Å². The van der Waals surface area contributed by atoms with Crippen molar-refractivity contribution < 1.29 is 28.5 Å². The van der Waals surface area contributed by atoms with E-state index in [1.807, 2.05) is 64.1 Å². The third kappa shape index (κ3) is 6.19. The monoisotopic (exact) mass is 466 g/mol. The van der Waals surface area contributed by atoms with Gasteiger partial charge in [0.2, 0.25) is 0 Å². The number of ether oxygens (including phenoxy) is 4. The first-order chi connectivity index (χ1) is 16.5. The van der Waals surface area contributed by atoms with E-state index in [4.69, 9.17) is 18.9 Å². The molecule has 0 aliphatic carbocycles. The fourth-order valence-corrected chi connectivity index (χ4v) is 3.68. The SMILES string of the molecule is CCCCOC(=O)COc1c2ccccc2c(OCC(=O)OCCCC)c2cc(C)c(C)cc12. The summed E-state index contributed by atoms with van der Waals surface area (Å²) in [5.74, 6) is 0.396. The predicted octanol–water partition coefficient (Wildman–Crippen LogP) is 6.05. The van der Waals surface area contributed by atoms with Gasteiger partial charge in [0.15, 0.2) is 13.2 Å². The van der Waals surface area contributed by atoms with Crippen LogP contribution in [0.1, 0.15) is 50.7 Å². The summed E-state index contributed by atoms with van der Waals surface area (Å²) in [5, 5.41) is 3.23. The first-order valence-corrected chi connectivity index (χ1v) is 12.0. The van der Waals surface area contributed by atoms with Gasteiger partial charge < -0.3 is 18.9 Å². The second-order valence-electron chi connectivity index (χ2n) is 8.41. The summed E-state index contributed by atoms with van der Waals surface area (Å²) in [6, 6.07) is 11.7. The van der Waals surface area contributed by atoms with Crippen LogP contribution in [-0.2, 0) is 19.1 Å². The second-order valence-corrected chi connectivity index (χ2v) is 8.41. The van der Waals surface area contributed by atoms with E-state index in [0.717, 1.165) is 58.4 Å². The number of unbranched alkanes of at least 4 members (excludes halogenated alkanes) is 2. The maximum absolute atomic E-state index is 12.2. The van der Waals surface area contributed by atoms with Crippen LogP contribution in [0.15, 0.2) is 36.4 Å². The Hall–Kier alpha value is -3.28. The van der Waals surface area contributed by atoms with Crippen molar-refractivity contribution in [3.63, 3.8) is 0 Å². The molecule has 0 atom stereocenters. The minimum absolute atomic E-state index is 0.181. The van der Waals surface area contributed by atoms with Crippen LogP contribution in [0, 0.1) is 13.8 Å². The summed E-state index contributed by atoms with van der Waals surface area (Å²) in [6.45, 7) is 8.55. The molecule has 0 heterocycles. The van der Waals surface area contributed by atoms with E-state index in [9.17, 15) is 9.59 Å². The van der Waals surface area contributed by atoms with Crippen LogP contribution in [0.3, 0.4) is 0 Å². The predicted molar refractivity (Wildman–Crippen MR) is 134 cm³/mol. The molecule has 0 radical (unpaired) electrons. The van der Waals surface area contributed by atoms with Crippen molar-refractivity contribution in [2.45, 2.75) is 53.4 Å². The van der Waals surface area contributed by atoms with Crippen LogP contribution >= 0.6 is 0 Å². The molecule has 0 aromatic heterocycles. The summed E-state index contributed by atoms with van der Waals surface area (Å²) in [6.07, 6.45) is 3.55. The zero-order valence-corrected chi connectivity index (χ0v) is 20.6. The Morgan fingerprint density at radius 3 is 1.47 bits per heavy atom. The zero-order valence-electron chi connectivity index (χ0n) is 20.6. The fraction of sp³-hybridized carbons (Fsp3) is 0.429. The van der Waals surface area contributed by atoms with Crippen LogP contribution in [0.4, 0.5) is 0 Å². The van der Waals surface area contributed by atoms with Gasteiger partial charge in [0.25, 0.3) is 0 Å². The maximum atomic E-state index is 12.2. The third-order valence-electron chi connectivity index (χ3n) is 5.73. The molecule has 0 aliphatic heterocycles. The molecule has 0 spiro atoms. The van der Waals surface area contributed by atoms with Gasteiger partial charge in [-0.2, -0.15) is 0 Å². The molecule has 0 fully saturated rings. The summed E-state index contributed by atoms with van der Waals surface area (Å²) < 4.78 is 22.6. The number of benzene rings is 3. The van der Waals surface area contributed by atoms with Crippen molar-refractivity contribution in [1.82, 2.24) is 0 Å². The Morgan fingerprint density at radius 1 is 0.676 bits per heavy atom. The van der Waals surface area contributed by atoms with Crippen LogP contribution in [0.2, 0.25) is 0 Å². The van der Waals surface area contributed by atoms with E-state index in [1.54, 1.807) is 0 Å². The van der Waals surface area contributed by atoms with E-state index in [2.05, 4.69) is 0 Å². The quantitative estimate of drug-likeness (QED) is 0.184. The van der Waals surface area contributed by atoms with Crippen molar-refractivity contribution in [1.29, 1.82) is 0 Å². The average molecular weight is 467 g/mol. The highest BCUT2D eigenvalue weighted by Gasteiger charge is 2.19. The number of fused-ring (bicyclic) bond motifs is 2. The lowest BCUT2D eigenvalue weighted by atomic mass is 9.96. The first-order valence-electron chi connectivity index (χ1n) is 12.0. The molecule has 182 valence electrons. The maximum Gasteiger partial charge on any atom is 0.344 e. The molecule has 34 heavy (non-hydrogen) atoms. The molecule has 0 N–H and O–H groups in total. The topological polar surface area (TPSA) is 71.1 Å². The number of carbonyl (C=O) groups is 2. The van der Waals surface area contributed by atoms with Crippen LogP contribution in [-0.4, -0.2) is 38.4 Å². The standard InChI is InChI=1S/C28H34O6/c1-5-7-13-31-25(29)17-33-27-21-11-9-10-12-22(21)28(34-18-26(30)32-14-8-6-2)24-16-20(4)19(3)15-23(24)27/h9-12,15-16H,5-8,13-14,17-18H2,1-4H3. The summed E-state index contributed by atoms with van der Waals surface area (Å²) in [5.41, 5.74) is 2.17. The minimum atomic E-state index is -0.398. The minimum Gasteiger partial charge on any atom is -0.481 e. The van der Waals surface area contributed by atoms with Crippen molar-refractivity contribution in [2.24, 2.45) is 0 Å². The van der Waals surface area contributed by atoms with Crippen molar-refractivity contribution >= 4 is 33.5 Å². The van der Waals surface area contributed by atoms with Gasteiger partial charge in [0.1, 0.15) is 11.5 Å². The number of carbonyl (C=O) groups excluding carboxylic acids is 2. The molecule has 0 bridgehead atoms. The largest absolute Gasteiger partial charge is 0.481 e. The number of hydrogen-bond acceptors (Lipinski definition) is 6. The summed E-state index contributed by atoms with van der Waals surface area (Å²) in [7, 11) is 0. The highest BCUT2D eigenvalue weighted by atomic mass is 16.6.